The quantitative estimate of drug-likeness (QED) is 0.781. The summed E-state index contributed by atoms with van der Waals surface area (Å²) in [5, 5.41) is -0.620. The van der Waals surface area contributed by atoms with Gasteiger partial charge in [-0.05, 0) is 6.07 Å². The minimum Gasteiger partial charge on any atom is -0.392 e. The second-order valence-electron chi connectivity index (χ2n) is 4.61. The van der Waals surface area contributed by atoms with Crippen molar-refractivity contribution in [3.63, 3.8) is 0 Å². The highest BCUT2D eigenvalue weighted by molar-refractivity contribution is 6.32. The lowest BCUT2D eigenvalue weighted by atomic mass is 10.2. The van der Waals surface area contributed by atoms with E-state index in [9.17, 15) is 31.1 Å². The standard InChI is InChI=1S/C12H7ClF6N4O/c1-23-9(22-8(12(17,18)19)6(20)10(23)24)7-5(13)2-4(3-21-7)11(14,15)16/h2-3H,20H2,1H3. The molecule has 0 aromatic carbocycles. The van der Waals surface area contributed by atoms with Crippen LogP contribution in [0.15, 0.2) is 17.1 Å². The SMILES string of the molecule is Cn1c(-c2ncc(C(F)(F)F)cc2Cl)nc(C(F)(F)F)c(N)c1=O. The zero-order valence-corrected chi connectivity index (χ0v) is 12.4. The van der Waals surface area contributed by atoms with Crippen LogP contribution in [0, 0.1) is 0 Å². The molecule has 0 saturated heterocycles. The molecule has 0 amide bonds. The number of nitrogen functional groups attached to an aromatic ring is 1. The number of rotatable bonds is 1. The Hall–Kier alpha value is -2.30. The summed E-state index contributed by atoms with van der Waals surface area (Å²) in [4.78, 5) is 18.4. The van der Waals surface area contributed by atoms with Gasteiger partial charge in [0.15, 0.2) is 11.5 Å². The molecule has 0 bridgehead atoms. The molecule has 0 spiro atoms. The van der Waals surface area contributed by atoms with E-state index in [1.165, 1.54) is 0 Å². The van der Waals surface area contributed by atoms with Crippen LogP contribution in [0.4, 0.5) is 32.0 Å². The molecule has 0 atom stereocenters. The molecule has 2 heterocycles. The smallest absolute Gasteiger partial charge is 0.392 e. The third-order valence-corrected chi connectivity index (χ3v) is 3.26. The van der Waals surface area contributed by atoms with E-state index in [1.54, 1.807) is 0 Å². The molecule has 0 aliphatic rings. The molecule has 0 saturated carbocycles. The minimum absolute atomic E-state index is 0.372. The number of hydrogen-bond donors (Lipinski definition) is 1. The molecule has 2 aromatic rings. The number of anilines is 1. The molecule has 24 heavy (non-hydrogen) atoms. The first-order valence-corrected chi connectivity index (χ1v) is 6.38. The second kappa shape index (κ2) is 5.65. The van der Waals surface area contributed by atoms with Crippen LogP contribution in [0.25, 0.3) is 11.5 Å². The van der Waals surface area contributed by atoms with Crippen molar-refractivity contribution in [1.82, 2.24) is 14.5 Å². The predicted molar refractivity (Wildman–Crippen MR) is 72.1 cm³/mol. The monoisotopic (exact) mass is 372 g/mol. The van der Waals surface area contributed by atoms with Crippen molar-refractivity contribution < 1.29 is 26.3 Å². The lowest BCUT2D eigenvalue weighted by Gasteiger charge is -2.15. The highest BCUT2D eigenvalue weighted by Gasteiger charge is 2.38. The summed E-state index contributed by atoms with van der Waals surface area (Å²) in [6.45, 7) is 0. The molecule has 0 fully saturated rings. The first kappa shape index (κ1) is 18.0. The summed E-state index contributed by atoms with van der Waals surface area (Å²) in [6.07, 6.45) is -9.41. The predicted octanol–water partition coefficient (Wildman–Crippen LogP) is 3.12. The largest absolute Gasteiger partial charge is 0.435 e. The molecular weight excluding hydrogens is 366 g/mol. The van der Waals surface area contributed by atoms with Gasteiger partial charge < -0.3 is 5.73 Å². The molecule has 5 nitrogen and oxygen atoms in total. The Balaban J connectivity index is 2.74. The van der Waals surface area contributed by atoms with E-state index < -0.39 is 51.4 Å². The number of nitrogens with zero attached hydrogens (tertiary/aromatic N) is 3. The maximum atomic E-state index is 12.9. The van der Waals surface area contributed by atoms with E-state index in [2.05, 4.69) is 9.97 Å². The average Bonchev–Trinajstić information content (AvgIpc) is 2.43. The van der Waals surface area contributed by atoms with Gasteiger partial charge in [-0.2, -0.15) is 26.3 Å². The zero-order valence-electron chi connectivity index (χ0n) is 11.6. The third-order valence-electron chi connectivity index (χ3n) is 2.97. The molecule has 2 N–H and O–H groups in total. The molecule has 12 heteroatoms. The Bertz CT molecular complexity index is 858. The average molecular weight is 373 g/mol. The summed E-state index contributed by atoms with van der Waals surface area (Å²) >= 11 is 5.67. The lowest BCUT2D eigenvalue weighted by molar-refractivity contribution is -0.140. The van der Waals surface area contributed by atoms with Crippen molar-refractivity contribution in [2.24, 2.45) is 7.05 Å². The number of pyridine rings is 1. The molecule has 0 aliphatic heterocycles. The Morgan fingerprint density at radius 1 is 1.17 bits per heavy atom. The summed E-state index contributed by atoms with van der Waals surface area (Å²) in [6, 6.07) is 0.472. The number of halogens is 7. The normalized spacial score (nSPS) is 12.5. The van der Waals surface area contributed by atoms with Crippen LogP contribution in [0.2, 0.25) is 5.02 Å². The topological polar surface area (TPSA) is 73.8 Å². The van der Waals surface area contributed by atoms with Gasteiger partial charge in [-0.15, -0.1) is 0 Å². The number of alkyl halides is 6. The van der Waals surface area contributed by atoms with E-state index in [0.717, 1.165) is 7.05 Å². The Morgan fingerprint density at radius 2 is 1.75 bits per heavy atom. The van der Waals surface area contributed by atoms with Gasteiger partial charge in [0.2, 0.25) is 0 Å². The van der Waals surface area contributed by atoms with Gasteiger partial charge in [0.25, 0.3) is 5.56 Å². The maximum absolute atomic E-state index is 12.9. The van der Waals surface area contributed by atoms with Gasteiger partial charge in [-0.1, -0.05) is 11.6 Å². The number of hydrogen-bond acceptors (Lipinski definition) is 4. The Labute approximate surface area is 134 Å². The van der Waals surface area contributed by atoms with Crippen LogP contribution in [0.3, 0.4) is 0 Å². The third kappa shape index (κ3) is 3.16. The van der Waals surface area contributed by atoms with Crippen molar-refractivity contribution in [3.05, 3.63) is 38.9 Å². The van der Waals surface area contributed by atoms with E-state index in [1.807, 2.05) is 0 Å². The van der Waals surface area contributed by atoms with E-state index in [4.69, 9.17) is 17.3 Å². The van der Waals surface area contributed by atoms with Gasteiger partial charge in [0.1, 0.15) is 11.4 Å². The van der Waals surface area contributed by atoms with Gasteiger partial charge in [-0.3, -0.25) is 14.3 Å². The number of nitrogens with two attached hydrogens (primary N) is 1. The zero-order chi connectivity index (χ0) is 18.4. The summed E-state index contributed by atoms with van der Waals surface area (Å²) in [7, 11) is 1.04. The van der Waals surface area contributed by atoms with Crippen molar-refractivity contribution in [3.8, 4) is 11.5 Å². The molecule has 2 aromatic heterocycles. The fourth-order valence-electron chi connectivity index (χ4n) is 1.80. The van der Waals surface area contributed by atoms with E-state index >= 15 is 0 Å². The van der Waals surface area contributed by atoms with Crippen LogP contribution in [-0.2, 0) is 19.4 Å². The van der Waals surface area contributed by atoms with Crippen LogP contribution >= 0.6 is 11.6 Å². The van der Waals surface area contributed by atoms with Gasteiger partial charge in [0.05, 0.1) is 10.6 Å². The molecule has 130 valence electrons. The Morgan fingerprint density at radius 3 is 2.21 bits per heavy atom. The summed E-state index contributed by atoms with van der Waals surface area (Å²) < 4.78 is 77.0. The highest BCUT2D eigenvalue weighted by atomic mass is 35.5. The minimum atomic E-state index is -5.04. The second-order valence-corrected chi connectivity index (χ2v) is 5.02. The summed E-state index contributed by atoms with van der Waals surface area (Å²) in [5.74, 6) is -0.666. The lowest BCUT2D eigenvalue weighted by Crippen LogP contribution is -2.28. The van der Waals surface area contributed by atoms with Crippen molar-refractivity contribution in [1.29, 1.82) is 0 Å². The molecule has 2 rings (SSSR count). The summed E-state index contributed by atoms with van der Waals surface area (Å²) in [5.41, 5.74) is -0.644. The van der Waals surface area contributed by atoms with Gasteiger partial charge >= 0.3 is 12.4 Å². The molecule has 0 unspecified atom stereocenters. The number of aromatic nitrogens is 3. The van der Waals surface area contributed by atoms with Crippen LogP contribution in [0.1, 0.15) is 11.3 Å². The Kier molecular flexibility index (Phi) is 4.25. The van der Waals surface area contributed by atoms with Crippen molar-refractivity contribution in [2.45, 2.75) is 12.4 Å². The molecule has 0 radical (unpaired) electrons. The van der Waals surface area contributed by atoms with Gasteiger partial charge in [0, 0.05) is 13.2 Å². The van der Waals surface area contributed by atoms with E-state index in [0.29, 0.717) is 16.8 Å². The van der Waals surface area contributed by atoms with Crippen molar-refractivity contribution in [2.75, 3.05) is 5.73 Å². The highest BCUT2D eigenvalue weighted by Crippen LogP contribution is 2.35. The van der Waals surface area contributed by atoms with Crippen LogP contribution in [-0.4, -0.2) is 14.5 Å². The first-order chi connectivity index (χ1) is 10.8. The molecule has 0 aliphatic carbocycles. The van der Waals surface area contributed by atoms with Crippen LogP contribution < -0.4 is 11.3 Å². The molecular formula is C12H7ClF6N4O. The fourth-order valence-corrected chi connectivity index (χ4v) is 2.06. The van der Waals surface area contributed by atoms with Crippen LogP contribution in [0.5, 0.6) is 0 Å². The fraction of sp³-hybridized carbons (Fsp3) is 0.250. The van der Waals surface area contributed by atoms with Gasteiger partial charge in [-0.25, -0.2) is 4.98 Å². The van der Waals surface area contributed by atoms with Crippen molar-refractivity contribution >= 4 is 17.3 Å². The first-order valence-electron chi connectivity index (χ1n) is 6.01. The van der Waals surface area contributed by atoms with E-state index in [-0.39, 0.29) is 0 Å². The maximum Gasteiger partial charge on any atom is 0.435 e.